The van der Waals surface area contributed by atoms with Crippen molar-refractivity contribution in [3.8, 4) is 0 Å². The van der Waals surface area contributed by atoms with Gasteiger partial charge < -0.3 is 11.1 Å². The first-order valence-corrected chi connectivity index (χ1v) is 7.91. The number of rotatable bonds is 7. The molecule has 2 rings (SSSR count). The van der Waals surface area contributed by atoms with E-state index in [9.17, 15) is 8.60 Å². The van der Waals surface area contributed by atoms with Crippen molar-refractivity contribution in [2.24, 2.45) is 5.73 Å². The van der Waals surface area contributed by atoms with E-state index in [1.165, 1.54) is 5.56 Å². The van der Waals surface area contributed by atoms with Crippen LogP contribution in [-0.4, -0.2) is 16.9 Å². The van der Waals surface area contributed by atoms with Crippen molar-refractivity contribution in [3.63, 3.8) is 0 Å². The highest BCUT2D eigenvalue weighted by Gasteiger charge is 2.15. The van der Waals surface area contributed by atoms with E-state index in [2.05, 4.69) is 5.32 Å². The smallest absolute Gasteiger partial charge is 0.105 e. The van der Waals surface area contributed by atoms with Crippen molar-refractivity contribution in [3.05, 3.63) is 59.7 Å². The van der Waals surface area contributed by atoms with Gasteiger partial charge in [-0.15, -0.1) is 0 Å². The van der Waals surface area contributed by atoms with Crippen LogP contribution < -0.4 is 11.1 Å². The number of halogens is 1. The van der Waals surface area contributed by atoms with Gasteiger partial charge in [0.2, 0.25) is 0 Å². The third kappa shape index (κ3) is 4.58. The van der Waals surface area contributed by atoms with E-state index in [-0.39, 0.29) is 6.04 Å². The second-order valence-electron chi connectivity index (χ2n) is 5.37. The van der Waals surface area contributed by atoms with Gasteiger partial charge in [0.25, 0.3) is 0 Å². The Morgan fingerprint density at radius 2 is 1.77 bits per heavy atom. The van der Waals surface area contributed by atoms with Crippen LogP contribution in [0.1, 0.15) is 23.6 Å². The Hall–Kier alpha value is -1.85. The van der Waals surface area contributed by atoms with Crippen molar-refractivity contribution < 1.29 is 8.60 Å². The molecule has 2 atom stereocenters. The summed E-state index contributed by atoms with van der Waals surface area (Å²) < 4.78 is 23.5. The fourth-order valence-electron chi connectivity index (χ4n) is 2.25. The number of anilines is 1. The number of aryl methyl sites for hydroxylation is 1. The van der Waals surface area contributed by atoms with Crippen LogP contribution in [-0.2, 0) is 11.7 Å². The number of benzene rings is 2. The lowest BCUT2D eigenvalue weighted by molar-refractivity contribution is 0.401. The predicted octanol–water partition coefficient (Wildman–Crippen LogP) is 3.41. The average Bonchev–Trinajstić information content (AvgIpc) is 2.55. The monoisotopic (exact) mass is 319 g/mol. The van der Waals surface area contributed by atoms with Gasteiger partial charge in [0.15, 0.2) is 0 Å². The molecule has 1 radical (unpaired) electrons. The van der Waals surface area contributed by atoms with Crippen molar-refractivity contribution in [1.82, 2.24) is 0 Å². The topological polar surface area (TPSA) is 55.1 Å². The van der Waals surface area contributed by atoms with Gasteiger partial charge in [0.1, 0.15) is 6.67 Å². The highest BCUT2D eigenvalue weighted by Crippen LogP contribution is 2.24. The molecule has 2 unspecified atom stereocenters. The largest absolute Gasteiger partial charge is 0.378 e. The van der Waals surface area contributed by atoms with Crippen LogP contribution in [0.15, 0.2) is 53.4 Å². The molecule has 0 fully saturated rings. The second-order valence-corrected chi connectivity index (χ2v) is 6.00. The fraction of sp³-hybridized carbons (Fsp3) is 0.294. The molecule has 3 nitrogen and oxygen atoms in total. The summed E-state index contributed by atoms with van der Waals surface area (Å²) in [6.45, 7) is 1.48. The molecule has 0 bridgehead atoms. The number of nitrogens with two attached hydrogens (primary N) is 1. The number of hydrogen-bond donors (Lipinski definition) is 2. The maximum absolute atomic E-state index is 12.8. The van der Waals surface area contributed by atoms with E-state index in [1.807, 2.05) is 43.3 Å². The van der Waals surface area contributed by atoms with E-state index in [4.69, 9.17) is 5.73 Å². The summed E-state index contributed by atoms with van der Waals surface area (Å²) in [5, 5.41) is 3.37. The van der Waals surface area contributed by atoms with Gasteiger partial charge in [-0.2, -0.15) is 0 Å². The summed E-state index contributed by atoms with van der Waals surface area (Å²) in [7, 11) is 0. The standard InChI is InChI=1S/C17H20FN2OS/c1-12-2-4-13(5-3-12)17(10-14(19)11-18)20-15-6-8-16(22-21)9-7-15/h2-9,14,17,20H,10-11,19H2,1H3. The lowest BCUT2D eigenvalue weighted by atomic mass is 9.98. The molecule has 0 aliphatic heterocycles. The minimum atomic E-state index is -0.546. The number of hydrogen-bond acceptors (Lipinski definition) is 3. The van der Waals surface area contributed by atoms with Gasteiger partial charge in [0, 0.05) is 11.7 Å². The van der Waals surface area contributed by atoms with Crippen molar-refractivity contribution in [1.29, 1.82) is 0 Å². The first-order chi connectivity index (χ1) is 10.6. The molecule has 0 heterocycles. The lowest BCUT2D eigenvalue weighted by Gasteiger charge is -2.23. The molecule has 0 spiro atoms. The zero-order valence-electron chi connectivity index (χ0n) is 12.5. The van der Waals surface area contributed by atoms with Crippen LogP contribution >= 0.6 is 0 Å². The predicted molar refractivity (Wildman–Crippen MR) is 89.0 cm³/mol. The van der Waals surface area contributed by atoms with Gasteiger partial charge in [-0.05, 0) is 43.2 Å². The Bertz CT molecular complexity index is 601. The van der Waals surface area contributed by atoms with Crippen molar-refractivity contribution >= 4 is 17.4 Å². The third-order valence-corrected chi connectivity index (χ3v) is 3.97. The molecule has 2 aromatic carbocycles. The van der Waals surface area contributed by atoms with Gasteiger partial charge in [-0.3, -0.25) is 0 Å². The summed E-state index contributed by atoms with van der Waals surface area (Å²) in [5.74, 6) is 0. The Morgan fingerprint density at radius 3 is 2.32 bits per heavy atom. The van der Waals surface area contributed by atoms with Crippen LogP contribution in [0.2, 0.25) is 0 Å². The average molecular weight is 319 g/mol. The second kappa shape index (κ2) is 7.96. The maximum Gasteiger partial charge on any atom is 0.105 e. The van der Waals surface area contributed by atoms with Crippen molar-refractivity contribution in [2.75, 3.05) is 12.0 Å². The molecule has 117 valence electrons. The first-order valence-electron chi connectivity index (χ1n) is 7.17. The highest BCUT2D eigenvalue weighted by molar-refractivity contribution is 7.65. The Kier molecular flexibility index (Phi) is 5.98. The van der Waals surface area contributed by atoms with E-state index in [1.54, 1.807) is 12.1 Å². The van der Waals surface area contributed by atoms with Crippen LogP contribution in [0.3, 0.4) is 0 Å². The lowest BCUT2D eigenvalue weighted by Crippen LogP contribution is -2.27. The van der Waals surface area contributed by atoms with E-state index in [0.29, 0.717) is 23.0 Å². The molecule has 2 aromatic rings. The minimum absolute atomic E-state index is 0.0721. The van der Waals surface area contributed by atoms with Gasteiger partial charge in [-0.25, -0.2) is 8.60 Å². The van der Waals surface area contributed by atoms with Gasteiger partial charge >= 0.3 is 0 Å². The minimum Gasteiger partial charge on any atom is -0.378 e. The zero-order valence-corrected chi connectivity index (χ0v) is 13.3. The summed E-state index contributed by atoms with van der Waals surface area (Å²) in [6.07, 6.45) is 0.498. The summed E-state index contributed by atoms with van der Waals surface area (Å²) >= 11 is 0.461. The Labute approximate surface area is 134 Å². The number of alkyl halides is 1. The molecular formula is C17H20FN2OS. The number of nitrogens with one attached hydrogen (secondary N) is 1. The molecular weight excluding hydrogens is 299 g/mol. The van der Waals surface area contributed by atoms with E-state index < -0.39 is 12.7 Å². The third-order valence-electron chi connectivity index (χ3n) is 3.51. The van der Waals surface area contributed by atoms with E-state index >= 15 is 0 Å². The molecule has 0 aromatic heterocycles. The van der Waals surface area contributed by atoms with Gasteiger partial charge in [-0.1, -0.05) is 29.8 Å². The van der Waals surface area contributed by atoms with E-state index in [0.717, 1.165) is 11.3 Å². The highest BCUT2D eigenvalue weighted by atomic mass is 32.1. The summed E-state index contributed by atoms with van der Waals surface area (Å²) in [5.41, 5.74) is 8.91. The molecule has 0 aliphatic rings. The summed E-state index contributed by atoms with van der Waals surface area (Å²) in [4.78, 5) is 0.665. The molecule has 0 amide bonds. The van der Waals surface area contributed by atoms with Crippen LogP contribution in [0.4, 0.5) is 10.1 Å². The quantitative estimate of drug-likeness (QED) is 0.822. The molecule has 0 saturated carbocycles. The fourth-order valence-corrected chi connectivity index (χ4v) is 2.50. The Morgan fingerprint density at radius 1 is 1.14 bits per heavy atom. The SMILES string of the molecule is Cc1ccc(C(CC(N)CF)Nc2ccc([S]=O)cc2)cc1. The molecule has 3 N–H and O–H groups in total. The van der Waals surface area contributed by atoms with Crippen LogP contribution in [0, 0.1) is 6.92 Å². The zero-order chi connectivity index (χ0) is 15.9. The molecule has 0 aliphatic carbocycles. The summed E-state index contributed by atoms with van der Waals surface area (Å²) in [6, 6.07) is 14.8. The molecule has 22 heavy (non-hydrogen) atoms. The first kappa shape index (κ1) is 16.5. The normalized spacial score (nSPS) is 13.4. The molecule has 0 saturated heterocycles. The maximum atomic E-state index is 12.8. The molecule has 5 heteroatoms. The van der Waals surface area contributed by atoms with Crippen molar-refractivity contribution in [2.45, 2.75) is 30.3 Å². The van der Waals surface area contributed by atoms with Crippen LogP contribution in [0.5, 0.6) is 0 Å². The van der Waals surface area contributed by atoms with Gasteiger partial charge in [0.05, 0.1) is 22.6 Å². The van der Waals surface area contributed by atoms with Crippen LogP contribution in [0.25, 0.3) is 0 Å². The Balaban J connectivity index is 2.19.